The minimum atomic E-state index is -0.704. The molecule has 0 unspecified atom stereocenters. The highest BCUT2D eigenvalue weighted by molar-refractivity contribution is 5.94. The third kappa shape index (κ3) is 7.32. The summed E-state index contributed by atoms with van der Waals surface area (Å²) in [6, 6.07) is 5.41. The van der Waals surface area contributed by atoms with Gasteiger partial charge >= 0.3 is 0 Å². The Morgan fingerprint density at radius 3 is 2.22 bits per heavy atom. The van der Waals surface area contributed by atoms with E-state index in [0.717, 1.165) is 0 Å². The first kappa shape index (κ1) is 22.5. The number of benzene rings is 1. The second-order valence-electron chi connectivity index (χ2n) is 7.90. The molecule has 0 aromatic heterocycles. The number of rotatable bonds is 10. The molecule has 150 valence electrons. The number of carbonyl (C=O) groups excluding carboxylic acids is 2. The van der Waals surface area contributed by atoms with Crippen LogP contribution in [-0.2, 0) is 4.79 Å². The Balaban J connectivity index is 2.37. The van der Waals surface area contributed by atoms with Gasteiger partial charge in [0.15, 0.2) is 0 Å². The molecule has 0 aliphatic heterocycles. The van der Waals surface area contributed by atoms with Gasteiger partial charge in [0.05, 0.1) is 4.92 Å². The van der Waals surface area contributed by atoms with Gasteiger partial charge in [0, 0.05) is 42.7 Å². The molecule has 0 aliphatic carbocycles. The third-order valence-electron chi connectivity index (χ3n) is 4.17. The maximum atomic E-state index is 12.0. The number of nitrogens with zero attached hydrogens (tertiary/aromatic N) is 1. The number of hydrogen-bond donors (Lipinski definition) is 4. The van der Waals surface area contributed by atoms with Crippen LogP contribution in [0.3, 0.4) is 0 Å². The highest BCUT2D eigenvalue weighted by Crippen LogP contribution is 2.33. The van der Waals surface area contributed by atoms with Crippen LogP contribution in [0.2, 0.25) is 0 Å². The van der Waals surface area contributed by atoms with Crippen molar-refractivity contribution >= 4 is 17.5 Å². The summed E-state index contributed by atoms with van der Waals surface area (Å²) in [6.45, 7) is 9.13. The molecule has 27 heavy (non-hydrogen) atoms. The van der Waals surface area contributed by atoms with Crippen LogP contribution in [0.25, 0.3) is 0 Å². The van der Waals surface area contributed by atoms with Gasteiger partial charge in [0.2, 0.25) is 5.91 Å². The van der Waals surface area contributed by atoms with E-state index in [0.29, 0.717) is 31.6 Å². The molecular formula is C18H28N4O5. The Bertz CT molecular complexity index is 671. The average molecular weight is 380 g/mol. The number of carbonyl (C=O) groups is 2. The lowest BCUT2D eigenvalue weighted by atomic mass is 9.74. The molecule has 9 heteroatoms. The van der Waals surface area contributed by atoms with E-state index in [-0.39, 0.29) is 17.0 Å². The van der Waals surface area contributed by atoms with Gasteiger partial charge in [-0.3, -0.25) is 24.9 Å². The van der Waals surface area contributed by atoms with Crippen LogP contribution < -0.4 is 16.1 Å². The van der Waals surface area contributed by atoms with Crippen molar-refractivity contribution in [1.29, 1.82) is 0 Å². The van der Waals surface area contributed by atoms with Crippen molar-refractivity contribution in [1.82, 2.24) is 16.1 Å². The zero-order chi connectivity index (χ0) is 20.7. The monoisotopic (exact) mass is 380 g/mol. The Hall–Kier alpha value is -2.52. The van der Waals surface area contributed by atoms with Crippen LogP contribution in [0.1, 0.15) is 44.5 Å². The maximum absolute atomic E-state index is 12.0. The van der Waals surface area contributed by atoms with E-state index in [4.69, 9.17) is 5.21 Å². The molecule has 0 aliphatic rings. The van der Waals surface area contributed by atoms with Crippen molar-refractivity contribution in [3.63, 3.8) is 0 Å². The van der Waals surface area contributed by atoms with E-state index in [1.807, 2.05) is 13.8 Å². The number of hydrogen-bond acceptors (Lipinski definition) is 6. The summed E-state index contributed by atoms with van der Waals surface area (Å²) in [5.74, 6) is -0.724. The quantitative estimate of drug-likeness (QED) is 0.212. The van der Waals surface area contributed by atoms with Gasteiger partial charge in [-0.25, -0.2) is 5.48 Å². The lowest BCUT2D eigenvalue weighted by Crippen LogP contribution is -2.42. The molecule has 1 aromatic rings. The average Bonchev–Trinajstić information content (AvgIpc) is 2.59. The van der Waals surface area contributed by atoms with E-state index in [9.17, 15) is 19.7 Å². The summed E-state index contributed by atoms with van der Waals surface area (Å²) in [4.78, 5) is 33.8. The van der Waals surface area contributed by atoms with Crippen LogP contribution in [0.4, 0.5) is 5.69 Å². The van der Waals surface area contributed by atoms with Crippen molar-refractivity contribution in [2.75, 3.05) is 19.6 Å². The molecule has 0 heterocycles. The number of amides is 2. The zero-order valence-electron chi connectivity index (χ0n) is 16.2. The molecule has 0 saturated carbocycles. The molecule has 4 N–H and O–H groups in total. The van der Waals surface area contributed by atoms with Crippen molar-refractivity contribution in [2.24, 2.45) is 10.8 Å². The second-order valence-corrected chi connectivity index (χ2v) is 7.90. The first-order valence-electron chi connectivity index (χ1n) is 8.66. The molecule has 0 spiro atoms. The molecule has 0 fully saturated rings. The molecule has 2 amide bonds. The smallest absolute Gasteiger partial charge is 0.269 e. The van der Waals surface area contributed by atoms with E-state index in [1.54, 1.807) is 19.3 Å². The van der Waals surface area contributed by atoms with Crippen LogP contribution >= 0.6 is 0 Å². The maximum Gasteiger partial charge on any atom is 0.269 e. The van der Waals surface area contributed by atoms with Gasteiger partial charge in [-0.05, 0) is 24.0 Å². The van der Waals surface area contributed by atoms with E-state index in [2.05, 4.69) is 10.6 Å². The molecule has 1 aromatic carbocycles. The molecule has 0 radical (unpaired) electrons. The van der Waals surface area contributed by atoms with Gasteiger partial charge in [-0.15, -0.1) is 0 Å². The molecule has 9 nitrogen and oxygen atoms in total. The van der Waals surface area contributed by atoms with E-state index >= 15 is 0 Å². The summed E-state index contributed by atoms with van der Waals surface area (Å²) < 4.78 is 0. The predicted octanol–water partition coefficient (Wildman–Crippen LogP) is 1.86. The molecule has 0 saturated heterocycles. The lowest BCUT2D eigenvalue weighted by molar-refractivity contribution is -0.384. The number of nitrogens with one attached hydrogen (secondary N) is 3. The van der Waals surface area contributed by atoms with E-state index < -0.39 is 16.2 Å². The van der Waals surface area contributed by atoms with Crippen LogP contribution in [0.15, 0.2) is 24.3 Å². The lowest BCUT2D eigenvalue weighted by Gasteiger charge is -2.33. The summed E-state index contributed by atoms with van der Waals surface area (Å²) in [5, 5.41) is 25.4. The van der Waals surface area contributed by atoms with Gasteiger partial charge in [0.1, 0.15) is 0 Å². The van der Waals surface area contributed by atoms with Crippen LogP contribution in [0, 0.1) is 20.9 Å². The van der Waals surface area contributed by atoms with Crippen molar-refractivity contribution in [3.8, 4) is 0 Å². The Morgan fingerprint density at radius 2 is 1.70 bits per heavy atom. The first-order chi connectivity index (χ1) is 12.5. The van der Waals surface area contributed by atoms with Gasteiger partial charge in [-0.1, -0.05) is 27.7 Å². The summed E-state index contributed by atoms with van der Waals surface area (Å²) in [6.07, 6.45) is 0.564. The van der Waals surface area contributed by atoms with Gasteiger partial charge < -0.3 is 10.6 Å². The molecule has 1 rings (SSSR count). The predicted molar refractivity (Wildman–Crippen MR) is 100 cm³/mol. The fourth-order valence-electron chi connectivity index (χ4n) is 3.02. The fraction of sp³-hybridized carbons (Fsp3) is 0.556. The van der Waals surface area contributed by atoms with Crippen LogP contribution in [0.5, 0.6) is 0 Å². The largest absolute Gasteiger partial charge is 0.351 e. The van der Waals surface area contributed by atoms with Gasteiger partial charge in [0.25, 0.3) is 11.6 Å². The fourth-order valence-corrected chi connectivity index (χ4v) is 3.02. The molecule has 0 bridgehead atoms. The topological polar surface area (TPSA) is 134 Å². The minimum absolute atomic E-state index is 0.0618. The summed E-state index contributed by atoms with van der Waals surface area (Å²) in [7, 11) is 0. The van der Waals surface area contributed by atoms with Gasteiger partial charge in [-0.2, -0.15) is 0 Å². The van der Waals surface area contributed by atoms with E-state index in [1.165, 1.54) is 24.3 Å². The highest BCUT2D eigenvalue weighted by Gasteiger charge is 2.34. The van der Waals surface area contributed by atoms with Crippen molar-refractivity contribution in [2.45, 2.75) is 34.1 Å². The van der Waals surface area contributed by atoms with Crippen molar-refractivity contribution < 1.29 is 19.7 Å². The minimum Gasteiger partial charge on any atom is -0.351 e. The highest BCUT2D eigenvalue weighted by atomic mass is 16.6. The third-order valence-corrected chi connectivity index (χ3v) is 4.17. The van der Waals surface area contributed by atoms with Crippen molar-refractivity contribution in [3.05, 3.63) is 39.9 Å². The Labute approximate surface area is 158 Å². The normalized spacial score (nSPS) is 11.7. The zero-order valence-corrected chi connectivity index (χ0v) is 16.2. The SMILES string of the molecule is CC(C)(CNCCNC(=O)c1ccc([N+](=O)[O-])cc1)CC(C)(C)C(=O)NO. The molecular weight excluding hydrogens is 352 g/mol. The molecule has 0 atom stereocenters. The summed E-state index contributed by atoms with van der Waals surface area (Å²) in [5.41, 5.74) is 1.09. The second kappa shape index (κ2) is 9.43. The number of nitro groups is 1. The standard InChI is InChI=1S/C18H28N4O5/c1-17(2,11-18(3,4)16(24)21-25)12-19-9-10-20-15(23)13-5-7-14(8-6-13)22(26)27/h5-8,19,25H,9-12H2,1-4H3,(H,20,23)(H,21,24). The Kier molecular flexibility index (Phi) is 7.86. The number of nitro benzene ring substituents is 1. The number of non-ortho nitro benzene ring substituents is 1. The Morgan fingerprint density at radius 1 is 1.11 bits per heavy atom. The number of hydroxylamine groups is 1. The first-order valence-corrected chi connectivity index (χ1v) is 8.66. The summed E-state index contributed by atoms with van der Waals surface area (Å²) >= 11 is 0. The van der Waals surface area contributed by atoms with Crippen LogP contribution in [-0.4, -0.2) is 41.6 Å².